The number of benzene rings is 1. The second-order valence-electron chi connectivity index (χ2n) is 5.41. The van der Waals surface area contributed by atoms with Crippen LogP contribution in [0.4, 0.5) is 5.13 Å². The lowest BCUT2D eigenvalue weighted by molar-refractivity contribution is 0.521. The third-order valence-corrected chi connectivity index (χ3v) is 5.03. The monoisotopic (exact) mass is 272 g/mol. The Morgan fingerprint density at radius 1 is 1.32 bits per heavy atom. The van der Waals surface area contributed by atoms with Crippen LogP contribution in [0.5, 0.6) is 0 Å². The smallest absolute Gasteiger partial charge is 0.180 e. The lowest BCUT2D eigenvalue weighted by Crippen LogP contribution is -2.24. The molecule has 100 valence electrons. The molecule has 1 aliphatic rings. The number of thiazole rings is 1. The van der Waals surface area contributed by atoms with Gasteiger partial charge in [0, 0.05) is 10.8 Å². The fourth-order valence-corrected chi connectivity index (χ4v) is 3.93. The number of hydrogen-bond donors (Lipinski definition) is 1. The van der Waals surface area contributed by atoms with Crippen LogP contribution in [0.1, 0.15) is 49.4 Å². The van der Waals surface area contributed by atoms with Crippen molar-refractivity contribution in [2.75, 3.05) is 5.73 Å². The van der Waals surface area contributed by atoms with Crippen molar-refractivity contribution in [3.63, 3.8) is 0 Å². The van der Waals surface area contributed by atoms with Gasteiger partial charge in [0.15, 0.2) is 5.13 Å². The quantitative estimate of drug-likeness (QED) is 0.911. The van der Waals surface area contributed by atoms with E-state index in [2.05, 4.69) is 41.6 Å². The molecule has 19 heavy (non-hydrogen) atoms. The minimum absolute atomic E-state index is 0.110. The maximum absolute atomic E-state index is 5.85. The van der Waals surface area contributed by atoms with Crippen LogP contribution >= 0.6 is 11.3 Å². The fraction of sp³-hybridized carbons (Fsp3) is 0.438. The molecular formula is C16H20N2S. The number of rotatable bonds is 3. The molecule has 0 unspecified atom stereocenters. The third kappa shape index (κ3) is 2.16. The zero-order valence-corrected chi connectivity index (χ0v) is 12.2. The molecule has 0 spiro atoms. The molecule has 0 aliphatic heterocycles. The molecule has 1 saturated carbocycles. The first kappa shape index (κ1) is 12.7. The zero-order valence-electron chi connectivity index (χ0n) is 11.4. The van der Waals surface area contributed by atoms with Gasteiger partial charge >= 0.3 is 0 Å². The van der Waals surface area contributed by atoms with Crippen molar-refractivity contribution < 1.29 is 0 Å². The van der Waals surface area contributed by atoms with Crippen LogP contribution in [0.3, 0.4) is 0 Å². The van der Waals surface area contributed by atoms with E-state index in [-0.39, 0.29) is 5.41 Å². The van der Waals surface area contributed by atoms with Crippen LogP contribution < -0.4 is 5.73 Å². The van der Waals surface area contributed by atoms with E-state index in [1.165, 1.54) is 42.5 Å². The largest absolute Gasteiger partial charge is 0.375 e. The molecule has 2 nitrogen and oxygen atoms in total. The summed E-state index contributed by atoms with van der Waals surface area (Å²) in [7, 11) is 0. The number of hydrogen-bond acceptors (Lipinski definition) is 3. The van der Waals surface area contributed by atoms with Gasteiger partial charge in [0.25, 0.3) is 0 Å². The summed E-state index contributed by atoms with van der Waals surface area (Å²) in [6, 6.07) is 9.02. The predicted octanol–water partition coefficient (Wildman–Crippen LogP) is 4.15. The van der Waals surface area contributed by atoms with Crippen LogP contribution in [0.15, 0.2) is 29.6 Å². The molecule has 3 heteroatoms. The standard InChI is InChI=1S/C16H20N2S/c1-2-12-6-5-7-13(10-12)16(8-3-4-9-16)14-11-19-15(17)18-14/h5-7,10-11H,2-4,8-9H2,1H3,(H2,17,18). The first-order chi connectivity index (χ1) is 9.24. The number of nitrogens with zero attached hydrogens (tertiary/aromatic N) is 1. The molecule has 0 radical (unpaired) electrons. The van der Waals surface area contributed by atoms with E-state index in [9.17, 15) is 0 Å². The summed E-state index contributed by atoms with van der Waals surface area (Å²) in [6.07, 6.45) is 6.05. The Kier molecular flexibility index (Phi) is 3.31. The SMILES string of the molecule is CCc1cccc(C2(c3csc(N)n3)CCCC2)c1. The summed E-state index contributed by atoms with van der Waals surface area (Å²) >= 11 is 1.56. The van der Waals surface area contributed by atoms with E-state index in [4.69, 9.17) is 5.73 Å². The zero-order chi connectivity index (χ0) is 13.3. The highest BCUT2D eigenvalue weighted by Gasteiger charge is 2.39. The molecule has 0 amide bonds. The Hall–Kier alpha value is -1.35. The normalized spacial score (nSPS) is 17.7. The van der Waals surface area contributed by atoms with Gasteiger partial charge in [-0.2, -0.15) is 0 Å². The highest BCUT2D eigenvalue weighted by molar-refractivity contribution is 7.13. The Bertz CT molecular complexity index is 568. The molecule has 2 N–H and O–H groups in total. The van der Waals surface area contributed by atoms with Crippen molar-refractivity contribution in [3.8, 4) is 0 Å². The van der Waals surface area contributed by atoms with Gasteiger partial charge in [0.05, 0.1) is 5.69 Å². The molecule has 0 atom stereocenters. The molecule has 1 aliphatic carbocycles. The number of aromatic nitrogens is 1. The van der Waals surface area contributed by atoms with Gasteiger partial charge in [-0.15, -0.1) is 11.3 Å². The summed E-state index contributed by atoms with van der Waals surface area (Å²) < 4.78 is 0. The topological polar surface area (TPSA) is 38.9 Å². The number of nitrogens with two attached hydrogens (primary N) is 1. The van der Waals surface area contributed by atoms with Gasteiger partial charge in [-0.05, 0) is 30.4 Å². The van der Waals surface area contributed by atoms with Gasteiger partial charge in [-0.3, -0.25) is 0 Å². The summed E-state index contributed by atoms with van der Waals surface area (Å²) in [6.45, 7) is 2.21. The van der Waals surface area contributed by atoms with E-state index < -0.39 is 0 Å². The molecule has 1 aromatic heterocycles. The lowest BCUT2D eigenvalue weighted by atomic mass is 9.76. The van der Waals surface area contributed by atoms with E-state index in [1.54, 1.807) is 11.3 Å². The maximum Gasteiger partial charge on any atom is 0.180 e. The second-order valence-corrected chi connectivity index (χ2v) is 6.30. The average molecular weight is 272 g/mol. The number of nitrogen functional groups attached to an aromatic ring is 1. The highest BCUT2D eigenvalue weighted by Crippen LogP contribution is 2.46. The average Bonchev–Trinajstić information content (AvgIpc) is 3.08. The lowest BCUT2D eigenvalue weighted by Gasteiger charge is -2.28. The van der Waals surface area contributed by atoms with Crippen LogP contribution in [-0.4, -0.2) is 4.98 Å². The van der Waals surface area contributed by atoms with Gasteiger partial charge in [-0.25, -0.2) is 4.98 Å². The molecule has 3 rings (SSSR count). The van der Waals surface area contributed by atoms with Gasteiger partial charge in [-0.1, -0.05) is 44.0 Å². The van der Waals surface area contributed by atoms with Crippen molar-refractivity contribution in [1.82, 2.24) is 4.98 Å². The van der Waals surface area contributed by atoms with Crippen molar-refractivity contribution in [3.05, 3.63) is 46.5 Å². The molecule has 2 aromatic rings. The summed E-state index contributed by atoms with van der Waals surface area (Å²) in [5, 5.41) is 2.84. The van der Waals surface area contributed by atoms with E-state index in [0.29, 0.717) is 5.13 Å². The molecular weight excluding hydrogens is 252 g/mol. The molecule has 1 aromatic carbocycles. The second kappa shape index (κ2) is 4.97. The van der Waals surface area contributed by atoms with Crippen LogP contribution in [0, 0.1) is 0 Å². The van der Waals surface area contributed by atoms with Crippen molar-refractivity contribution in [2.45, 2.75) is 44.4 Å². The maximum atomic E-state index is 5.85. The predicted molar refractivity (Wildman–Crippen MR) is 81.6 cm³/mol. The molecule has 1 fully saturated rings. The van der Waals surface area contributed by atoms with E-state index in [1.807, 2.05) is 0 Å². The Morgan fingerprint density at radius 3 is 2.74 bits per heavy atom. The highest BCUT2D eigenvalue weighted by atomic mass is 32.1. The van der Waals surface area contributed by atoms with Gasteiger partial charge in [0.2, 0.25) is 0 Å². The molecule has 1 heterocycles. The Balaban J connectivity index is 2.09. The summed E-state index contributed by atoms with van der Waals surface area (Å²) in [4.78, 5) is 4.59. The summed E-state index contributed by atoms with van der Waals surface area (Å²) in [5.41, 5.74) is 9.97. The summed E-state index contributed by atoms with van der Waals surface area (Å²) in [5.74, 6) is 0. The van der Waals surface area contributed by atoms with Gasteiger partial charge < -0.3 is 5.73 Å². The Morgan fingerprint density at radius 2 is 2.11 bits per heavy atom. The van der Waals surface area contributed by atoms with E-state index in [0.717, 1.165) is 6.42 Å². The third-order valence-electron chi connectivity index (χ3n) is 4.36. The van der Waals surface area contributed by atoms with Gasteiger partial charge in [0.1, 0.15) is 0 Å². The first-order valence-electron chi connectivity index (χ1n) is 7.05. The van der Waals surface area contributed by atoms with Crippen molar-refractivity contribution >= 4 is 16.5 Å². The van der Waals surface area contributed by atoms with Crippen molar-refractivity contribution in [1.29, 1.82) is 0 Å². The first-order valence-corrected chi connectivity index (χ1v) is 7.93. The van der Waals surface area contributed by atoms with E-state index >= 15 is 0 Å². The van der Waals surface area contributed by atoms with Crippen LogP contribution in [0.2, 0.25) is 0 Å². The van der Waals surface area contributed by atoms with Crippen LogP contribution in [-0.2, 0) is 11.8 Å². The minimum Gasteiger partial charge on any atom is -0.375 e. The molecule has 0 saturated heterocycles. The molecule has 0 bridgehead atoms. The number of anilines is 1. The minimum atomic E-state index is 0.110. The van der Waals surface area contributed by atoms with Crippen molar-refractivity contribution in [2.24, 2.45) is 0 Å². The number of aryl methyl sites for hydroxylation is 1. The van der Waals surface area contributed by atoms with Crippen LogP contribution in [0.25, 0.3) is 0 Å². The Labute approximate surface area is 118 Å². The fourth-order valence-electron chi connectivity index (χ4n) is 3.27.